The average molecular weight is 619 g/mol. The molecule has 2 N–H and O–H groups in total. The number of carbonyl (C=O) groups is 1. The van der Waals surface area contributed by atoms with Crippen LogP contribution in [0, 0.1) is 0 Å². The topological polar surface area (TPSA) is 75.1 Å². The summed E-state index contributed by atoms with van der Waals surface area (Å²) in [5.41, 5.74) is 15.2. The molecule has 7 aromatic rings. The van der Waals surface area contributed by atoms with E-state index < -0.39 is 0 Å². The average Bonchev–Trinajstić information content (AvgIpc) is 3.78. The van der Waals surface area contributed by atoms with E-state index in [1.54, 1.807) is 0 Å². The minimum Gasteiger partial charge on any atom is -0.465 e. The molecule has 0 radical (unpaired) electrons. The Kier molecular flexibility index (Phi) is 8.56. The summed E-state index contributed by atoms with van der Waals surface area (Å²) in [6.45, 7) is 1.74. The summed E-state index contributed by atoms with van der Waals surface area (Å²) >= 11 is 0. The van der Waals surface area contributed by atoms with Crippen molar-refractivity contribution >= 4 is 33.5 Å². The Hall–Kier alpha value is -5.62. The van der Waals surface area contributed by atoms with E-state index in [0.29, 0.717) is 17.9 Å². The molecule has 3 aromatic heterocycles. The Morgan fingerprint density at radius 2 is 1.34 bits per heavy atom. The minimum atomic E-state index is -0.310. The van der Waals surface area contributed by atoms with Crippen LogP contribution in [0.1, 0.15) is 57.1 Å². The number of esters is 1. The number of nitrogen functional groups attached to an aromatic ring is 1. The van der Waals surface area contributed by atoms with Crippen molar-refractivity contribution in [2.24, 2.45) is 0 Å². The van der Waals surface area contributed by atoms with Gasteiger partial charge in [-0.2, -0.15) is 0 Å². The number of methoxy groups -OCH3 is 1. The third kappa shape index (κ3) is 6.97. The van der Waals surface area contributed by atoms with Crippen molar-refractivity contribution in [2.75, 3.05) is 12.8 Å². The van der Waals surface area contributed by atoms with Crippen LogP contribution in [0.5, 0.6) is 0 Å². The quantitative estimate of drug-likeness (QED) is 0.137. The molecule has 3 heterocycles. The summed E-state index contributed by atoms with van der Waals surface area (Å²) in [7, 11) is 1.43. The maximum absolute atomic E-state index is 12.3. The summed E-state index contributed by atoms with van der Waals surface area (Å²) < 4.78 is 9.52. The maximum Gasteiger partial charge on any atom is 0.339 e. The predicted octanol–water partition coefficient (Wildman–Crippen LogP) is 8.61. The van der Waals surface area contributed by atoms with Gasteiger partial charge in [0, 0.05) is 60.2 Å². The number of rotatable bonds is 8. The molecule has 0 spiro atoms. The van der Waals surface area contributed by atoms with E-state index in [0.717, 1.165) is 35.6 Å². The molecule has 6 nitrogen and oxygen atoms in total. The molecule has 0 amide bonds. The Balaban J connectivity index is 0.000000174. The highest BCUT2D eigenvalue weighted by atomic mass is 16.5. The highest BCUT2D eigenvalue weighted by Gasteiger charge is 2.26. The smallest absolute Gasteiger partial charge is 0.339 e. The third-order valence-corrected chi connectivity index (χ3v) is 8.84. The number of nitrogens with two attached hydrogens (primary N) is 1. The van der Waals surface area contributed by atoms with E-state index in [9.17, 15) is 4.79 Å². The number of carbonyl (C=O) groups excluding carboxylic acids is 1. The van der Waals surface area contributed by atoms with E-state index in [1.165, 1.54) is 52.9 Å². The predicted molar refractivity (Wildman–Crippen MR) is 190 cm³/mol. The number of hydrogen-bond donors (Lipinski definition) is 1. The van der Waals surface area contributed by atoms with E-state index >= 15 is 0 Å². The van der Waals surface area contributed by atoms with Crippen LogP contribution in [0.4, 0.5) is 5.69 Å². The Labute approximate surface area is 275 Å². The molecule has 1 saturated carbocycles. The standard InChI is InChI=1S/C26H24N2O2.C15H14N2/c1-30-26(29)23-15-22(20-8-9-20)16-27-24(23)14-19-7-10-25-21(13-19)11-12-28(25)17-18-5-3-2-4-6-18;16-14-6-7-15-13(10-14)8-9-17(15)11-12-4-2-1-3-5-12/h2-7,10-13,15-16,20H,8-9,14,17H2,1H3;1-10H,11,16H2. The van der Waals surface area contributed by atoms with Crippen molar-refractivity contribution in [3.63, 3.8) is 0 Å². The number of nitrogens with zero attached hydrogens (tertiary/aromatic N) is 3. The van der Waals surface area contributed by atoms with Gasteiger partial charge >= 0.3 is 5.97 Å². The number of benzene rings is 4. The molecule has 0 unspecified atom stereocenters. The van der Waals surface area contributed by atoms with E-state index in [2.05, 4.69) is 111 Å². The van der Waals surface area contributed by atoms with Gasteiger partial charge in [0.1, 0.15) is 0 Å². The van der Waals surface area contributed by atoms with Crippen LogP contribution in [0.2, 0.25) is 0 Å². The van der Waals surface area contributed by atoms with E-state index in [4.69, 9.17) is 10.5 Å². The van der Waals surface area contributed by atoms with Gasteiger partial charge in [-0.05, 0) is 94.9 Å². The molecule has 1 fully saturated rings. The first-order chi connectivity index (χ1) is 23.0. The molecule has 4 aromatic carbocycles. The Morgan fingerprint density at radius 3 is 1.94 bits per heavy atom. The Bertz CT molecular complexity index is 2140. The summed E-state index contributed by atoms with van der Waals surface area (Å²) in [6, 6.07) is 39.7. The van der Waals surface area contributed by atoms with Crippen LogP contribution < -0.4 is 5.73 Å². The van der Waals surface area contributed by atoms with Crippen LogP contribution in [-0.2, 0) is 24.2 Å². The number of aromatic nitrogens is 3. The van der Waals surface area contributed by atoms with Gasteiger partial charge in [0.15, 0.2) is 0 Å². The molecule has 234 valence electrons. The lowest BCUT2D eigenvalue weighted by Crippen LogP contribution is -2.09. The molecule has 8 rings (SSSR count). The molecule has 0 aliphatic heterocycles. The number of anilines is 1. The summed E-state index contributed by atoms with van der Waals surface area (Å²) in [6.07, 6.45) is 9.13. The minimum absolute atomic E-state index is 0.310. The van der Waals surface area contributed by atoms with Crippen LogP contribution in [0.15, 0.2) is 134 Å². The Morgan fingerprint density at radius 1 is 0.745 bits per heavy atom. The summed E-state index contributed by atoms with van der Waals surface area (Å²) in [5.74, 6) is 0.241. The molecule has 0 bridgehead atoms. The van der Waals surface area contributed by atoms with Gasteiger partial charge in [0.25, 0.3) is 0 Å². The van der Waals surface area contributed by atoms with Crippen molar-refractivity contribution in [3.8, 4) is 0 Å². The fourth-order valence-corrected chi connectivity index (χ4v) is 6.18. The molecule has 1 aliphatic carbocycles. The number of ether oxygens (including phenoxy) is 1. The fourth-order valence-electron chi connectivity index (χ4n) is 6.18. The van der Waals surface area contributed by atoms with Crippen molar-refractivity contribution in [1.82, 2.24) is 14.1 Å². The second kappa shape index (κ2) is 13.4. The number of fused-ring (bicyclic) bond motifs is 2. The zero-order valence-electron chi connectivity index (χ0n) is 26.6. The van der Waals surface area contributed by atoms with Crippen LogP contribution >= 0.6 is 0 Å². The summed E-state index contributed by atoms with van der Waals surface area (Å²) in [5, 5.41) is 2.39. The summed E-state index contributed by atoms with van der Waals surface area (Å²) in [4.78, 5) is 17.0. The highest BCUT2D eigenvalue weighted by molar-refractivity contribution is 5.91. The van der Waals surface area contributed by atoms with Crippen molar-refractivity contribution in [2.45, 2.75) is 38.3 Å². The number of pyridine rings is 1. The first kappa shape index (κ1) is 30.1. The molecular weight excluding hydrogens is 580 g/mol. The number of hydrogen-bond acceptors (Lipinski definition) is 4. The van der Waals surface area contributed by atoms with Gasteiger partial charge in [-0.3, -0.25) is 4.98 Å². The van der Waals surface area contributed by atoms with Crippen LogP contribution in [0.25, 0.3) is 21.8 Å². The second-order valence-electron chi connectivity index (χ2n) is 12.3. The molecule has 1 aliphatic rings. The zero-order valence-corrected chi connectivity index (χ0v) is 26.6. The van der Waals surface area contributed by atoms with E-state index in [1.807, 2.05) is 36.5 Å². The maximum atomic E-state index is 12.3. The van der Waals surface area contributed by atoms with Crippen LogP contribution in [0.3, 0.4) is 0 Å². The van der Waals surface area contributed by atoms with Gasteiger partial charge < -0.3 is 19.6 Å². The SMILES string of the molecule is COC(=O)c1cc(C2CC2)cnc1Cc1ccc2c(ccn2Cc2ccccc2)c1.Nc1ccc2c(ccn2Cc2ccccc2)c1. The van der Waals surface area contributed by atoms with E-state index in [-0.39, 0.29) is 5.97 Å². The van der Waals surface area contributed by atoms with Crippen molar-refractivity contribution < 1.29 is 9.53 Å². The molecule has 0 atom stereocenters. The largest absolute Gasteiger partial charge is 0.465 e. The van der Waals surface area contributed by atoms with Gasteiger partial charge in [0.05, 0.1) is 18.4 Å². The molecular formula is C41H38N4O2. The van der Waals surface area contributed by atoms with Crippen LogP contribution in [-0.4, -0.2) is 27.2 Å². The lowest BCUT2D eigenvalue weighted by molar-refractivity contribution is 0.0599. The lowest BCUT2D eigenvalue weighted by atomic mass is 10.0. The monoisotopic (exact) mass is 618 g/mol. The first-order valence-corrected chi connectivity index (χ1v) is 16.1. The van der Waals surface area contributed by atoms with Gasteiger partial charge in [-0.15, -0.1) is 0 Å². The second-order valence-corrected chi connectivity index (χ2v) is 12.3. The van der Waals surface area contributed by atoms with Crippen molar-refractivity contribution in [3.05, 3.63) is 167 Å². The lowest BCUT2D eigenvalue weighted by Gasteiger charge is -2.10. The molecule has 6 heteroatoms. The van der Waals surface area contributed by atoms with Gasteiger partial charge in [0.2, 0.25) is 0 Å². The zero-order chi connectivity index (χ0) is 32.2. The van der Waals surface area contributed by atoms with Gasteiger partial charge in [-0.1, -0.05) is 66.7 Å². The third-order valence-electron chi connectivity index (χ3n) is 8.84. The fraction of sp³-hybridized carbons (Fsp3) is 0.171. The first-order valence-electron chi connectivity index (χ1n) is 16.1. The highest BCUT2D eigenvalue weighted by Crippen LogP contribution is 2.40. The van der Waals surface area contributed by atoms with Crippen molar-refractivity contribution in [1.29, 1.82) is 0 Å². The normalized spacial score (nSPS) is 12.5. The molecule has 0 saturated heterocycles. The molecule has 47 heavy (non-hydrogen) atoms. The van der Waals surface area contributed by atoms with Gasteiger partial charge in [-0.25, -0.2) is 4.79 Å².